The highest BCUT2D eigenvalue weighted by molar-refractivity contribution is 6.34. The molecule has 7 heteroatoms. The first kappa shape index (κ1) is 14.8. The third-order valence-electron chi connectivity index (χ3n) is 3.08. The highest BCUT2D eigenvalue weighted by Crippen LogP contribution is 2.38. The zero-order valence-electron chi connectivity index (χ0n) is 11.2. The molecule has 5 nitrogen and oxygen atoms in total. The SMILES string of the molecule is O=C(Nc1cc2c(cc1Cl)OCCO2)c1cc(Cl)ccc1O. The van der Waals surface area contributed by atoms with Gasteiger partial charge < -0.3 is 19.9 Å². The van der Waals surface area contributed by atoms with Gasteiger partial charge in [-0.3, -0.25) is 4.79 Å². The van der Waals surface area contributed by atoms with Crippen molar-refractivity contribution in [3.63, 3.8) is 0 Å². The van der Waals surface area contributed by atoms with Gasteiger partial charge in [0.1, 0.15) is 19.0 Å². The van der Waals surface area contributed by atoms with Crippen LogP contribution in [0.5, 0.6) is 17.2 Å². The average Bonchev–Trinajstić information content (AvgIpc) is 2.50. The van der Waals surface area contributed by atoms with Gasteiger partial charge in [0, 0.05) is 17.2 Å². The molecule has 2 aromatic rings. The number of nitrogens with one attached hydrogen (secondary N) is 1. The second-order valence-electron chi connectivity index (χ2n) is 4.59. The van der Waals surface area contributed by atoms with E-state index in [2.05, 4.69) is 5.32 Å². The van der Waals surface area contributed by atoms with E-state index >= 15 is 0 Å². The van der Waals surface area contributed by atoms with Crippen LogP contribution in [0.3, 0.4) is 0 Å². The third kappa shape index (κ3) is 2.91. The van der Waals surface area contributed by atoms with Crippen molar-refractivity contribution in [1.29, 1.82) is 0 Å². The maximum absolute atomic E-state index is 12.2. The molecule has 0 spiro atoms. The maximum atomic E-state index is 12.2. The van der Waals surface area contributed by atoms with Gasteiger partial charge >= 0.3 is 0 Å². The fourth-order valence-corrected chi connectivity index (χ4v) is 2.41. The summed E-state index contributed by atoms with van der Waals surface area (Å²) in [5.41, 5.74) is 0.411. The fourth-order valence-electron chi connectivity index (χ4n) is 2.04. The predicted octanol–water partition coefficient (Wildman–Crippen LogP) is 3.72. The Hall–Kier alpha value is -2.11. The van der Waals surface area contributed by atoms with Crippen molar-refractivity contribution in [1.82, 2.24) is 0 Å². The van der Waals surface area contributed by atoms with E-state index in [1.165, 1.54) is 18.2 Å². The summed E-state index contributed by atoms with van der Waals surface area (Å²) >= 11 is 12.0. The number of ether oxygens (including phenoxy) is 2. The number of hydrogen-bond donors (Lipinski definition) is 2. The lowest BCUT2D eigenvalue weighted by atomic mass is 10.1. The van der Waals surface area contributed by atoms with Gasteiger partial charge in [0.05, 0.1) is 16.3 Å². The second-order valence-corrected chi connectivity index (χ2v) is 5.43. The van der Waals surface area contributed by atoms with Gasteiger partial charge in [-0.15, -0.1) is 0 Å². The first-order valence-corrected chi connectivity index (χ1v) is 7.19. The van der Waals surface area contributed by atoms with Crippen molar-refractivity contribution in [3.05, 3.63) is 45.9 Å². The predicted molar refractivity (Wildman–Crippen MR) is 83.5 cm³/mol. The maximum Gasteiger partial charge on any atom is 0.259 e. The molecule has 114 valence electrons. The molecule has 0 fully saturated rings. The third-order valence-corrected chi connectivity index (χ3v) is 3.63. The molecule has 0 unspecified atom stereocenters. The number of rotatable bonds is 2. The number of amides is 1. The van der Waals surface area contributed by atoms with Crippen molar-refractivity contribution in [2.24, 2.45) is 0 Å². The van der Waals surface area contributed by atoms with Crippen molar-refractivity contribution in [2.45, 2.75) is 0 Å². The molecule has 2 aromatic carbocycles. The topological polar surface area (TPSA) is 67.8 Å². The van der Waals surface area contributed by atoms with E-state index in [0.29, 0.717) is 40.4 Å². The second kappa shape index (κ2) is 5.94. The Morgan fingerprint density at radius 3 is 2.50 bits per heavy atom. The van der Waals surface area contributed by atoms with Crippen LogP contribution >= 0.6 is 23.2 Å². The van der Waals surface area contributed by atoms with E-state index in [9.17, 15) is 9.90 Å². The molecule has 0 atom stereocenters. The normalized spacial score (nSPS) is 12.8. The highest BCUT2D eigenvalue weighted by atomic mass is 35.5. The summed E-state index contributed by atoms with van der Waals surface area (Å²) in [5.74, 6) is 0.329. The van der Waals surface area contributed by atoms with Crippen molar-refractivity contribution in [2.75, 3.05) is 18.5 Å². The van der Waals surface area contributed by atoms with Gasteiger partial charge in [0.25, 0.3) is 5.91 Å². The summed E-state index contributed by atoms with van der Waals surface area (Å²) in [5, 5.41) is 13.0. The number of fused-ring (bicyclic) bond motifs is 1. The van der Waals surface area contributed by atoms with E-state index in [4.69, 9.17) is 32.7 Å². The molecule has 0 radical (unpaired) electrons. The lowest BCUT2D eigenvalue weighted by molar-refractivity contribution is 0.102. The van der Waals surface area contributed by atoms with Crippen LogP contribution in [0.25, 0.3) is 0 Å². The first-order chi connectivity index (χ1) is 10.5. The van der Waals surface area contributed by atoms with E-state index < -0.39 is 5.91 Å². The molecule has 0 saturated carbocycles. The molecule has 0 bridgehead atoms. The molecule has 3 rings (SSSR count). The lowest BCUT2D eigenvalue weighted by Gasteiger charge is -2.20. The summed E-state index contributed by atoms with van der Waals surface area (Å²) in [6.07, 6.45) is 0. The molecular formula is C15H11Cl2NO4. The van der Waals surface area contributed by atoms with Crippen LogP contribution in [0.4, 0.5) is 5.69 Å². The van der Waals surface area contributed by atoms with Crippen LogP contribution < -0.4 is 14.8 Å². The molecule has 1 amide bonds. The zero-order chi connectivity index (χ0) is 15.7. The van der Waals surface area contributed by atoms with Gasteiger partial charge in [-0.25, -0.2) is 0 Å². The molecule has 22 heavy (non-hydrogen) atoms. The number of hydrogen-bond acceptors (Lipinski definition) is 4. The Kier molecular flexibility index (Phi) is 4.00. The minimum atomic E-state index is -0.529. The van der Waals surface area contributed by atoms with Gasteiger partial charge in [-0.05, 0) is 18.2 Å². The molecule has 0 aliphatic carbocycles. The number of carbonyl (C=O) groups excluding carboxylic acids is 1. The van der Waals surface area contributed by atoms with Crippen LogP contribution in [0, 0.1) is 0 Å². The Bertz CT molecular complexity index is 749. The number of benzene rings is 2. The Morgan fingerprint density at radius 1 is 1.09 bits per heavy atom. The van der Waals surface area contributed by atoms with Gasteiger partial charge in [-0.2, -0.15) is 0 Å². The minimum Gasteiger partial charge on any atom is -0.507 e. The number of carbonyl (C=O) groups is 1. The zero-order valence-corrected chi connectivity index (χ0v) is 12.7. The van der Waals surface area contributed by atoms with Crippen LogP contribution in [0.1, 0.15) is 10.4 Å². The number of aromatic hydroxyl groups is 1. The largest absolute Gasteiger partial charge is 0.507 e. The quantitative estimate of drug-likeness (QED) is 0.874. The number of phenols is 1. The van der Waals surface area contributed by atoms with Crippen LogP contribution in [-0.2, 0) is 0 Å². The molecule has 0 saturated heterocycles. The van der Waals surface area contributed by atoms with Gasteiger partial charge in [-0.1, -0.05) is 23.2 Å². The Morgan fingerprint density at radius 2 is 1.77 bits per heavy atom. The summed E-state index contributed by atoms with van der Waals surface area (Å²) < 4.78 is 10.8. The van der Waals surface area contributed by atoms with Gasteiger partial charge in [0.2, 0.25) is 0 Å². The monoisotopic (exact) mass is 339 g/mol. The standard InChI is InChI=1S/C15H11Cl2NO4/c16-8-1-2-12(19)9(5-8)15(20)18-11-7-14-13(6-10(11)17)21-3-4-22-14/h1-2,5-7,19H,3-4H2,(H,18,20). The minimum absolute atomic E-state index is 0.0541. The van der Waals surface area contributed by atoms with E-state index in [1.54, 1.807) is 12.1 Å². The molecule has 0 aromatic heterocycles. The molecule has 2 N–H and O–H groups in total. The molecule has 1 heterocycles. The van der Waals surface area contributed by atoms with E-state index in [1.807, 2.05) is 0 Å². The Labute approximate surface area is 136 Å². The first-order valence-electron chi connectivity index (χ1n) is 6.43. The summed E-state index contributed by atoms with van der Waals surface area (Å²) in [6, 6.07) is 7.37. The average molecular weight is 340 g/mol. The molecule has 1 aliphatic rings. The smallest absolute Gasteiger partial charge is 0.259 e. The Balaban J connectivity index is 1.89. The van der Waals surface area contributed by atoms with Crippen LogP contribution in [0.15, 0.2) is 30.3 Å². The number of halogens is 2. The fraction of sp³-hybridized carbons (Fsp3) is 0.133. The van der Waals surface area contributed by atoms with E-state index in [0.717, 1.165) is 0 Å². The summed E-state index contributed by atoms with van der Waals surface area (Å²) in [4.78, 5) is 12.2. The van der Waals surface area contributed by atoms with Crippen molar-refractivity contribution < 1.29 is 19.4 Å². The summed E-state index contributed by atoms with van der Waals surface area (Å²) in [7, 11) is 0. The van der Waals surface area contributed by atoms with Crippen molar-refractivity contribution in [3.8, 4) is 17.2 Å². The molecule has 1 aliphatic heterocycles. The number of phenolic OH excluding ortho intramolecular Hbond substituents is 1. The highest BCUT2D eigenvalue weighted by Gasteiger charge is 2.18. The van der Waals surface area contributed by atoms with Gasteiger partial charge in [0.15, 0.2) is 11.5 Å². The van der Waals surface area contributed by atoms with Crippen LogP contribution in [0.2, 0.25) is 10.0 Å². The molecular weight excluding hydrogens is 329 g/mol. The summed E-state index contributed by atoms with van der Waals surface area (Å²) in [6.45, 7) is 0.878. The van der Waals surface area contributed by atoms with E-state index in [-0.39, 0.29) is 11.3 Å². The van der Waals surface area contributed by atoms with Crippen molar-refractivity contribution >= 4 is 34.8 Å². The van der Waals surface area contributed by atoms with Crippen LogP contribution in [-0.4, -0.2) is 24.2 Å². The number of anilines is 1. The lowest BCUT2D eigenvalue weighted by Crippen LogP contribution is -2.17.